The van der Waals surface area contributed by atoms with Gasteiger partial charge in [-0.15, -0.1) is 11.3 Å². The van der Waals surface area contributed by atoms with Gasteiger partial charge in [-0.25, -0.2) is 4.68 Å². The summed E-state index contributed by atoms with van der Waals surface area (Å²) in [5, 5.41) is 5.29. The van der Waals surface area contributed by atoms with Crippen molar-refractivity contribution < 1.29 is 18.0 Å². The van der Waals surface area contributed by atoms with Crippen LogP contribution in [0.1, 0.15) is 16.1 Å². The smallest absolute Gasteiger partial charge is 0.327 e. The molecule has 0 saturated carbocycles. The lowest BCUT2D eigenvalue weighted by Crippen LogP contribution is -2.12. The van der Waals surface area contributed by atoms with Crippen molar-refractivity contribution in [3.63, 3.8) is 0 Å². The zero-order valence-electron chi connectivity index (χ0n) is 12.4. The molecule has 124 valence electrons. The first-order chi connectivity index (χ1) is 11.3. The fraction of sp³-hybridized carbons (Fsp3) is 0.133. The highest BCUT2D eigenvalue weighted by molar-refractivity contribution is 7.07. The van der Waals surface area contributed by atoms with E-state index in [1.807, 2.05) is 5.38 Å². The molecule has 3 aromatic rings. The van der Waals surface area contributed by atoms with Crippen molar-refractivity contribution in [1.82, 2.24) is 14.3 Å². The third kappa shape index (κ3) is 3.30. The lowest BCUT2D eigenvalue weighted by atomic mass is 10.2. The van der Waals surface area contributed by atoms with Crippen molar-refractivity contribution in [3.05, 3.63) is 64.2 Å². The molecule has 2 heterocycles. The molecular weight excluding hydrogens is 341 g/mol. The average Bonchev–Trinajstić information content (AvgIpc) is 3.17. The SMILES string of the molecule is Cn1ccsc1=NC(=O)c1ccc(-n2ccc(C(F)(F)F)n2)cc1. The second-order valence-electron chi connectivity index (χ2n) is 4.90. The second-order valence-corrected chi connectivity index (χ2v) is 5.78. The van der Waals surface area contributed by atoms with Crippen molar-refractivity contribution in [2.45, 2.75) is 6.18 Å². The van der Waals surface area contributed by atoms with Gasteiger partial charge in [0, 0.05) is 30.4 Å². The minimum absolute atomic E-state index is 0.343. The fourth-order valence-corrected chi connectivity index (χ4v) is 2.69. The Morgan fingerprint density at radius 3 is 2.42 bits per heavy atom. The maximum atomic E-state index is 12.6. The van der Waals surface area contributed by atoms with Crippen LogP contribution in [0.15, 0.2) is 53.1 Å². The maximum absolute atomic E-state index is 12.6. The number of alkyl halides is 3. The van der Waals surface area contributed by atoms with Crippen LogP contribution >= 0.6 is 11.3 Å². The number of aromatic nitrogens is 3. The van der Waals surface area contributed by atoms with Crippen LogP contribution in [0.25, 0.3) is 5.69 Å². The van der Waals surface area contributed by atoms with Crippen LogP contribution < -0.4 is 4.80 Å². The zero-order chi connectivity index (χ0) is 17.3. The first-order valence-electron chi connectivity index (χ1n) is 6.77. The summed E-state index contributed by atoms with van der Waals surface area (Å²) in [4.78, 5) is 16.7. The number of nitrogens with zero attached hydrogens (tertiary/aromatic N) is 4. The molecule has 2 aromatic heterocycles. The Balaban J connectivity index is 1.85. The summed E-state index contributed by atoms with van der Waals surface area (Å²) in [5.41, 5.74) is -0.207. The summed E-state index contributed by atoms with van der Waals surface area (Å²) in [6, 6.07) is 6.94. The fourth-order valence-electron chi connectivity index (χ4n) is 1.96. The number of carbonyl (C=O) groups is 1. The molecule has 0 saturated heterocycles. The largest absolute Gasteiger partial charge is 0.435 e. The highest BCUT2D eigenvalue weighted by Gasteiger charge is 2.33. The normalized spacial score (nSPS) is 12.6. The van der Waals surface area contributed by atoms with Gasteiger partial charge in [-0.05, 0) is 30.3 Å². The molecule has 1 amide bonds. The van der Waals surface area contributed by atoms with Crippen molar-refractivity contribution in [3.8, 4) is 5.69 Å². The van der Waals surface area contributed by atoms with E-state index in [2.05, 4.69) is 10.1 Å². The van der Waals surface area contributed by atoms with Crippen molar-refractivity contribution in [2.75, 3.05) is 0 Å². The Kier molecular flexibility index (Phi) is 4.10. The number of thiazole rings is 1. The van der Waals surface area contributed by atoms with Gasteiger partial charge in [-0.3, -0.25) is 4.79 Å². The number of hydrogen-bond donors (Lipinski definition) is 0. The predicted octanol–water partition coefficient (Wildman–Crippen LogP) is 3.03. The highest BCUT2D eigenvalue weighted by atomic mass is 32.1. The van der Waals surface area contributed by atoms with Gasteiger partial charge >= 0.3 is 6.18 Å². The number of benzene rings is 1. The van der Waals surface area contributed by atoms with Gasteiger partial charge in [0.15, 0.2) is 10.5 Å². The van der Waals surface area contributed by atoms with Gasteiger partial charge in [-0.2, -0.15) is 23.3 Å². The number of carbonyl (C=O) groups excluding carboxylic acids is 1. The Morgan fingerprint density at radius 1 is 1.17 bits per heavy atom. The molecule has 1 aromatic carbocycles. The highest BCUT2D eigenvalue weighted by Crippen LogP contribution is 2.27. The van der Waals surface area contributed by atoms with Gasteiger partial charge in [0.05, 0.1) is 5.69 Å². The van der Waals surface area contributed by atoms with Gasteiger partial charge < -0.3 is 4.57 Å². The third-order valence-corrected chi connectivity index (χ3v) is 4.06. The number of rotatable bonds is 2. The van der Waals surface area contributed by atoms with E-state index in [0.717, 1.165) is 10.7 Å². The molecule has 0 N–H and O–H groups in total. The van der Waals surface area contributed by atoms with E-state index in [-0.39, 0.29) is 0 Å². The van der Waals surface area contributed by atoms with E-state index in [0.29, 0.717) is 16.1 Å². The molecule has 3 rings (SSSR count). The minimum atomic E-state index is -4.49. The molecule has 24 heavy (non-hydrogen) atoms. The molecule has 0 aliphatic carbocycles. The van der Waals surface area contributed by atoms with Crippen LogP contribution in [0.2, 0.25) is 0 Å². The van der Waals surface area contributed by atoms with Gasteiger partial charge in [-0.1, -0.05) is 0 Å². The predicted molar refractivity (Wildman–Crippen MR) is 81.7 cm³/mol. The molecule has 5 nitrogen and oxygen atoms in total. The second kappa shape index (κ2) is 6.08. The van der Waals surface area contributed by atoms with Gasteiger partial charge in [0.1, 0.15) is 0 Å². The van der Waals surface area contributed by atoms with E-state index in [9.17, 15) is 18.0 Å². The van der Waals surface area contributed by atoms with Crippen LogP contribution in [-0.4, -0.2) is 20.3 Å². The number of amides is 1. The Bertz CT molecular complexity index is 935. The average molecular weight is 352 g/mol. The van der Waals surface area contributed by atoms with E-state index >= 15 is 0 Å². The molecule has 9 heteroatoms. The Hall–Kier alpha value is -2.68. The molecule has 0 atom stereocenters. The van der Waals surface area contributed by atoms with Gasteiger partial charge in [0.25, 0.3) is 5.91 Å². The van der Waals surface area contributed by atoms with Crippen LogP contribution in [0.4, 0.5) is 13.2 Å². The van der Waals surface area contributed by atoms with Crippen LogP contribution in [0.3, 0.4) is 0 Å². The van der Waals surface area contributed by atoms with Crippen molar-refractivity contribution >= 4 is 17.2 Å². The van der Waals surface area contributed by atoms with Crippen molar-refractivity contribution in [2.24, 2.45) is 12.0 Å². The summed E-state index contributed by atoms with van der Waals surface area (Å²) in [5.74, 6) is -0.420. The summed E-state index contributed by atoms with van der Waals surface area (Å²) >= 11 is 1.33. The summed E-state index contributed by atoms with van der Waals surface area (Å²) in [7, 11) is 1.78. The van der Waals surface area contributed by atoms with E-state index < -0.39 is 17.8 Å². The first kappa shape index (κ1) is 16.2. The molecule has 0 unspecified atom stereocenters. The van der Waals surface area contributed by atoms with Gasteiger partial charge in [0.2, 0.25) is 0 Å². The van der Waals surface area contributed by atoms with E-state index in [4.69, 9.17) is 0 Å². The van der Waals surface area contributed by atoms with E-state index in [1.54, 1.807) is 17.8 Å². The molecule has 0 aliphatic rings. The molecule has 0 aliphatic heterocycles. The standard InChI is InChI=1S/C15H11F3N4OS/c1-21-8-9-24-14(21)19-13(23)10-2-4-11(5-3-10)22-7-6-12(20-22)15(16,17)18/h2-9H,1H3. The van der Waals surface area contributed by atoms with Crippen LogP contribution in [-0.2, 0) is 13.2 Å². The molecule has 0 bridgehead atoms. The summed E-state index contributed by atoms with van der Waals surface area (Å²) < 4.78 is 40.5. The molecule has 0 spiro atoms. The summed E-state index contributed by atoms with van der Waals surface area (Å²) in [6.45, 7) is 0. The lowest BCUT2D eigenvalue weighted by molar-refractivity contribution is -0.141. The molecular formula is C15H11F3N4OS. The Labute approximate surface area is 138 Å². The zero-order valence-corrected chi connectivity index (χ0v) is 13.2. The number of hydrogen-bond acceptors (Lipinski definition) is 3. The molecule has 0 fully saturated rings. The third-order valence-electron chi connectivity index (χ3n) is 3.22. The maximum Gasteiger partial charge on any atom is 0.435 e. The van der Waals surface area contributed by atoms with Crippen molar-refractivity contribution in [1.29, 1.82) is 0 Å². The topological polar surface area (TPSA) is 52.2 Å². The van der Waals surface area contributed by atoms with E-state index in [1.165, 1.54) is 41.8 Å². The monoisotopic (exact) mass is 352 g/mol. The van der Waals surface area contributed by atoms with Crippen LogP contribution in [0, 0.1) is 0 Å². The number of aryl methyl sites for hydroxylation is 1. The number of halogens is 3. The minimum Gasteiger partial charge on any atom is -0.327 e. The Morgan fingerprint density at radius 2 is 1.88 bits per heavy atom. The first-order valence-corrected chi connectivity index (χ1v) is 7.65. The summed E-state index contributed by atoms with van der Waals surface area (Å²) in [6.07, 6.45) is -1.48. The molecule has 0 radical (unpaired) electrons. The lowest BCUT2D eigenvalue weighted by Gasteiger charge is -2.03. The quantitative estimate of drug-likeness (QED) is 0.712. The van der Waals surface area contributed by atoms with Crippen LogP contribution in [0.5, 0.6) is 0 Å².